The first-order valence-electron chi connectivity index (χ1n) is 7.49. The summed E-state index contributed by atoms with van der Waals surface area (Å²) in [6.07, 6.45) is 1.70. The van der Waals surface area contributed by atoms with Crippen LogP contribution in [0.5, 0.6) is 0 Å². The lowest BCUT2D eigenvalue weighted by molar-refractivity contribution is 0.0979. The summed E-state index contributed by atoms with van der Waals surface area (Å²) in [5.74, 6) is 0.632. The van der Waals surface area contributed by atoms with E-state index in [9.17, 15) is 4.79 Å². The number of hydrogen-bond acceptors (Lipinski definition) is 5. The maximum Gasteiger partial charge on any atom is 0.277 e. The zero-order valence-corrected chi connectivity index (χ0v) is 13.1. The first-order chi connectivity index (χ1) is 11.3. The lowest BCUT2D eigenvalue weighted by atomic mass is 9.90. The van der Waals surface area contributed by atoms with Crippen molar-refractivity contribution in [1.29, 1.82) is 0 Å². The minimum absolute atomic E-state index is 0.149. The smallest absolute Gasteiger partial charge is 0.277 e. The molecule has 0 aliphatic heterocycles. The van der Waals surface area contributed by atoms with Crippen molar-refractivity contribution in [3.63, 3.8) is 0 Å². The minimum Gasteiger partial charge on any atom is -0.411 e. The van der Waals surface area contributed by atoms with Gasteiger partial charge < -0.3 is 4.42 Å². The van der Waals surface area contributed by atoms with Crippen LogP contribution in [0.2, 0.25) is 0 Å². The first kappa shape index (κ1) is 14.2. The summed E-state index contributed by atoms with van der Waals surface area (Å²) < 4.78 is 5.70. The number of ketones is 1. The number of nitrogens with zero attached hydrogens (tertiary/aromatic N) is 2. The molecule has 3 aromatic rings. The fraction of sp³-hybridized carbons (Fsp3) is 0.167. The summed E-state index contributed by atoms with van der Waals surface area (Å²) in [4.78, 5) is 12.6. The van der Waals surface area contributed by atoms with Crippen molar-refractivity contribution < 1.29 is 9.21 Å². The number of rotatable bonds is 3. The molecule has 23 heavy (non-hydrogen) atoms. The molecule has 0 bridgehead atoms. The third kappa shape index (κ3) is 2.80. The van der Waals surface area contributed by atoms with E-state index in [0.29, 0.717) is 11.1 Å². The van der Waals surface area contributed by atoms with Gasteiger partial charge in [0.25, 0.3) is 5.22 Å². The molecule has 0 amide bonds. The van der Waals surface area contributed by atoms with Crippen LogP contribution < -0.4 is 0 Å². The molecule has 0 N–H and O–H groups in total. The van der Waals surface area contributed by atoms with Crippen LogP contribution in [0.1, 0.15) is 22.3 Å². The van der Waals surface area contributed by atoms with Gasteiger partial charge in [-0.1, -0.05) is 54.2 Å². The Kier molecular flexibility index (Phi) is 3.71. The van der Waals surface area contributed by atoms with Crippen molar-refractivity contribution in [1.82, 2.24) is 10.2 Å². The van der Waals surface area contributed by atoms with Gasteiger partial charge in [-0.25, -0.2) is 0 Å². The number of carbonyl (C=O) groups excluding carboxylic acids is 1. The largest absolute Gasteiger partial charge is 0.411 e. The number of benzene rings is 2. The first-order valence-corrected chi connectivity index (χ1v) is 8.37. The molecule has 0 saturated carbocycles. The molecule has 0 saturated heterocycles. The molecule has 4 rings (SSSR count). The molecule has 1 aliphatic carbocycles. The Hall–Kier alpha value is -2.40. The van der Waals surface area contributed by atoms with E-state index in [1.165, 1.54) is 11.8 Å². The van der Waals surface area contributed by atoms with Crippen molar-refractivity contribution in [2.75, 3.05) is 0 Å². The molecule has 2 aromatic carbocycles. The van der Waals surface area contributed by atoms with Crippen LogP contribution in [0.3, 0.4) is 0 Å². The molecule has 5 heteroatoms. The van der Waals surface area contributed by atoms with Gasteiger partial charge in [0.05, 0.1) is 5.25 Å². The summed E-state index contributed by atoms with van der Waals surface area (Å²) in [5, 5.41) is 8.43. The van der Waals surface area contributed by atoms with E-state index in [0.717, 1.165) is 29.5 Å². The van der Waals surface area contributed by atoms with E-state index in [1.807, 2.05) is 54.6 Å². The molecule has 1 aliphatic rings. The van der Waals surface area contributed by atoms with Crippen LogP contribution in [0.25, 0.3) is 11.5 Å². The molecule has 0 radical (unpaired) electrons. The van der Waals surface area contributed by atoms with E-state index >= 15 is 0 Å². The highest BCUT2D eigenvalue weighted by atomic mass is 32.2. The standard InChI is InChI=1S/C18H14N2O2S/c21-16-14-9-5-4-6-12(14)10-11-15(16)23-18-20-19-17(22-18)13-7-2-1-3-8-13/h1-9,15H,10-11H2/t15-/m0/s1. The maximum atomic E-state index is 12.6. The van der Waals surface area contributed by atoms with Crippen LogP contribution in [0.4, 0.5) is 0 Å². The van der Waals surface area contributed by atoms with Gasteiger partial charge in [-0.15, -0.1) is 10.2 Å². The van der Waals surface area contributed by atoms with Gasteiger partial charge in [-0.2, -0.15) is 0 Å². The van der Waals surface area contributed by atoms with E-state index in [1.54, 1.807) is 0 Å². The van der Waals surface area contributed by atoms with Gasteiger partial charge in [0.15, 0.2) is 5.78 Å². The molecule has 114 valence electrons. The summed E-state index contributed by atoms with van der Waals surface area (Å²) in [5.41, 5.74) is 2.83. The van der Waals surface area contributed by atoms with Crippen molar-refractivity contribution >= 4 is 17.5 Å². The van der Waals surface area contributed by atoms with Gasteiger partial charge in [-0.3, -0.25) is 4.79 Å². The van der Waals surface area contributed by atoms with Crippen molar-refractivity contribution in [3.8, 4) is 11.5 Å². The number of Topliss-reactive ketones (excluding diaryl/α,β-unsaturated/α-hetero) is 1. The van der Waals surface area contributed by atoms with E-state index < -0.39 is 0 Å². The predicted molar refractivity (Wildman–Crippen MR) is 88.5 cm³/mol. The van der Waals surface area contributed by atoms with Crippen LogP contribution >= 0.6 is 11.8 Å². The lowest BCUT2D eigenvalue weighted by Crippen LogP contribution is -2.24. The van der Waals surface area contributed by atoms with Gasteiger partial charge >= 0.3 is 0 Å². The molecule has 1 atom stereocenters. The molecule has 4 nitrogen and oxygen atoms in total. The Bertz CT molecular complexity index is 845. The number of carbonyl (C=O) groups is 1. The third-order valence-electron chi connectivity index (χ3n) is 3.92. The predicted octanol–water partition coefficient (Wildman–Crippen LogP) is 4.03. The van der Waals surface area contributed by atoms with Crippen molar-refractivity contribution in [2.24, 2.45) is 0 Å². The highest BCUT2D eigenvalue weighted by Crippen LogP contribution is 2.33. The second-order valence-corrected chi connectivity index (χ2v) is 6.56. The van der Waals surface area contributed by atoms with Crippen LogP contribution in [-0.2, 0) is 6.42 Å². The number of hydrogen-bond donors (Lipinski definition) is 0. The second kappa shape index (κ2) is 6.01. The van der Waals surface area contributed by atoms with Crippen LogP contribution in [0.15, 0.2) is 64.2 Å². The number of thioether (sulfide) groups is 1. The van der Waals surface area contributed by atoms with Gasteiger partial charge in [-0.05, 0) is 30.5 Å². The number of aryl methyl sites for hydroxylation is 1. The van der Waals surface area contributed by atoms with Gasteiger partial charge in [0, 0.05) is 11.1 Å². The van der Waals surface area contributed by atoms with E-state index in [-0.39, 0.29) is 11.0 Å². The Labute approximate surface area is 137 Å². The average molecular weight is 322 g/mol. The Morgan fingerprint density at radius 1 is 1.00 bits per heavy atom. The molecule has 0 spiro atoms. The molecule has 1 heterocycles. The third-order valence-corrected chi connectivity index (χ3v) is 5.02. The highest BCUT2D eigenvalue weighted by molar-refractivity contribution is 8.00. The normalized spacial score (nSPS) is 17.0. The number of aromatic nitrogens is 2. The van der Waals surface area contributed by atoms with Crippen molar-refractivity contribution in [3.05, 3.63) is 65.7 Å². The zero-order valence-electron chi connectivity index (χ0n) is 12.3. The minimum atomic E-state index is -0.158. The fourth-order valence-corrected chi connectivity index (χ4v) is 3.69. The average Bonchev–Trinajstić information content (AvgIpc) is 3.07. The molecule has 0 fully saturated rings. The Balaban J connectivity index is 1.54. The summed E-state index contributed by atoms with van der Waals surface area (Å²) in [6.45, 7) is 0. The summed E-state index contributed by atoms with van der Waals surface area (Å²) in [6, 6.07) is 17.4. The van der Waals surface area contributed by atoms with Crippen LogP contribution in [-0.4, -0.2) is 21.2 Å². The quantitative estimate of drug-likeness (QED) is 0.729. The SMILES string of the molecule is O=C1c2ccccc2CC[C@@H]1Sc1nnc(-c2ccccc2)o1. The Morgan fingerprint density at radius 2 is 1.78 bits per heavy atom. The molecular weight excluding hydrogens is 308 g/mol. The molecular formula is C18H14N2O2S. The summed E-state index contributed by atoms with van der Waals surface area (Å²) >= 11 is 1.36. The molecule has 0 unspecified atom stereocenters. The van der Waals surface area contributed by atoms with Gasteiger partial charge in [0.1, 0.15) is 0 Å². The second-order valence-electron chi connectivity index (χ2n) is 5.41. The van der Waals surface area contributed by atoms with E-state index in [4.69, 9.17) is 4.42 Å². The van der Waals surface area contributed by atoms with Crippen LogP contribution in [0, 0.1) is 0 Å². The monoisotopic (exact) mass is 322 g/mol. The van der Waals surface area contributed by atoms with Crippen molar-refractivity contribution in [2.45, 2.75) is 23.3 Å². The fourth-order valence-electron chi connectivity index (χ4n) is 2.76. The topological polar surface area (TPSA) is 56.0 Å². The maximum absolute atomic E-state index is 12.6. The highest BCUT2D eigenvalue weighted by Gasteiger charge is 2.29. The summed E-state index contributed by atoms with van der Waals surface area (Å²) in [7, 11) is 0. The van der Waals surface area contributed by atoms with E-state index in [2.05, 4.69) is 10.2 Å². The number of fused-ring (bicyclic) bond motifs is 1. The molecule has 1 aromatic heterocycles. The lowest BCUT2D eigenvalue weighted by Gasteiger charge is -2.21. The van der Waals surface area contributed by atoms with Gasteiger partial charge in [0.2, 0.25) is 5.89 Å². The zero-order chi connectivity index (χ0) is 15.6. The Morgan fingerprint density at radius 3 is 2.65 bits per heavy atom.